The highest BCUT2D eigenvalue weighted by Crippen LogP contribution is 2.38. The van der Waals surface area contributed by atoms with Gasteiger partial charge in [-0.2, -0.15) is 0 Å². The number of rotatable bonds is 6. The zero-order valence-electron chi connectivity index (χ0n) is 17.3. The maximum atomic E-state index is 14.5. The second-order valence-corrected chi connectivity index (χ2v) is 8.09. The van der Waals surface area contributed by atoms with Crippen LogP contribution in [-0.4, -0.2) is 30.0 Å². The highest BCUT2D eigenvalue weighted by atomic mass is 35.5. The third-order valence-electron chi connectivity index (χ3n) is 5.84. The summed E-state index contributed by atoms with van der Waals surface area (Å²) in [6.45, 7) is 5.10. The van der Waals surface area contributed by atoms with Crippen molar-refractivity contribution in [3.63, 3.8) is 0 Å². The Labute approximate surface area is 182 Å². The van der Waals surface area contributed by atoms with E-state index in [0.717, 1.165) is 30.9 Å². The number of ether oxygens (including phenoxy) is 1. The molecule has 3 aromatic carbocycles. The molecule has 0 N–H and O–H groups in total. The topological polar surface area (TPSA) is 15.7 Å². The molecular weight excluding hydrogens is 399 g/mol. The van der Waals surface area contributed by atoms with Crippen LogP contribution in [0.2, 0.25) is 5.02 Å². The van der Waals surface area contributed by atoms with E-state index in [0.29, 0.717) is 17.1 Å². The van der Waals surface area contributed by atoms with Crippen molar-refractivity contribution >= 4 is 11.6 Å². The summed E-state index contributed by atoms with van der Waals surface area (Å²) >= 11 is 6.34. The first kappa shape index (κ1) is 20.9. The maximum Gasteiger partial charge on any atom is 0.129 e. The van der Waals surface area contributed by atoms with Gasteiger partial charge in [0.05, 0.1) is 13.3 Å². The quantitative estimate of drug-likeness (QED) is 0.496. The second kappa shape index (κ2) is 9.17. The van der Waals surface area contributed by atoms with Crippen molar-refractivity contribution in [2.24, 2.45) is 0 Å². The van der Waals surface area contributed by atoms with Crippen LogP contribution in [0, 0.1) is 12.7 Å². The SMILES string of the molecule is COc1ccccc1[C@@H]1N(Cc2ccccc2C)CCN1Cc1c(F)cccc1Cl. The summed E-state index contributed by atoms with van der Waals surface area (Å²) in [6, 6.07) is 21.4. The lowest BCUT2D eigenvalue weighted by molar-refractivity contribution is 0.121. The standard InChI is InChI=1S/C25H26ClFN2O/c1-18-8-3-4-9-19(18)16-28-14-15-29(17-21-22(26)11-7-12-23(21)27)25(28)20-10-5-6-13-24(20)30-2/h3-13,25H,14-17H2,1-2H3/t25-/m1/s1. The summed E-state index contributed by atoms with van der Waals surface area (Å²) < 4.78 is 20.2. The molecule has 3 aromatic rings. The van der Waals surface area contributed by atoms with Crippen molar-refractivity contribution in [1.82, 2.24) is 9.80 Å². The fourth-order valence-corrected chi connectivity index (χ4v) is 4.45. The molecular formula is C25H26ClFN2O. The van der Waals surface area contributed by atoms with Gasteiger partial charge in [0, 0.05) is 42.3 Å². The van der Waals surface area contributed by atoms with Gasteiger partial charge < -0.3 is 4.74 Å². The molecule has 1 fully saturated rings. The zero-order valence-corrected chi connectivity index (χ0v) is 18.1. The average Bonchev–Trinajstić information content (AvgIpc) is 3.14. The van der Waals surface area contributed by atoms with Gasteiger partial charge in [-0.3, -0.25) is 9.80 Å². The predicted octanol–water partition coefficient (Wildman–Crippen LogP) is 5.81. The molecule has 3 nitrogen and oxygen atoms in total. The van der Waals surface area contributed by atoms with E-state index >= 15 is 0 Å². The van der Waals surface area contributed by atoms with Gasteiger partial charge >= 0.3 is 0 Å². The number of halogens is 2. The van der Waals surface area contributed by atoms with Crippen LogP contribution >= 0.6 is 11.6 Å². The van der Waals surface area contributed by atoms with Crippen molar-refractivity contribution in [2.75, 3.05) is 20.2 Å². The first-order valence-corrected chi connectivity index (χ1v) is 10.5. The molecule has 0 radical (unpaired) electrons. The molecule has 0 saturated carbocycles. The monoisotopic (exact) mass is 424 g/mol. The molecule has 4 rings (SSSR count). The van der Waals surface area contributed by atoms with Gasteiger partial charge in [0.25, 0.3) is 0 Å². The molecule has 156 valence electrons. The van der Waals surface area contributed by atoms with Crippen LogP contribution in [0.4, 0.5) is 4.39 Å². The fourth-order valence-electron chi connectivity index (χ4n) is 4.23. The van der Waals surface area contributed by atoms with Gasteiger partial charge in [-0.05, 0) is 36.2 Å². The van der Waals surface area contributed by atoms with E-state index in [-0.39, 0.29) is 12.0 Å². The summed E-state index contributed by atoms with van der Waals surface area (Å²) in [6.07, 6.45) is -0.0311. The lowest BCUT2D eigenvalue weighted by Crippen LogP contribution is -2.31. The van der Waals surface area contributed by atoms with E-state index in [4.69, 9.17) is 16.3 Å². The molecule has 1 heterocycles. The Bertz CT molecular complexity index is 1010. The number of nitrogens with zero attached hydrogens (tertiary/aromatic N) is 2. The van der Waals surface area contributed by atoms with Gasteiger partial charge in [-0.1, -0.05) is 60.1 Å². The van der Waals surface area contributed by atoms with Crippen molar-refractivity contribution < 1.29 is 9.13 Å². The van der Waals surface area contributed by atoms with Crippen LogP contribution in [-0.2, 0) is 13.1 Å². The Balaban J connectivity index is 1.70. The second-order valence-electron chi connectivity index (χ2n) is 7.68. The van der Waals surface area contributed by atoms with Crippen LogP contribution in [0.5, 0.6) is 5.75 Å². The summed E-state index contributed by atoms with van der Waals surface area (Å²) in [7, 11) is 1.69. The number of hydrogen-bond acceptors (Lipinski definition) is 3. The normalized spacial score (nSPS) is 17.4. The summed E-state index contributed by atoms with van der Waals surface area (Å²) in [5.74, 6) is 0.572. The molecule has 1 aliphatic heterocycles. The largest absolute Gasteiger partial charge is 0.496 e. The van der Waals surface area contributed by atoms with E-state index in [9.17, 15) is 4.39 Å². The van der Waals surface area contributed by atoms with E-state index in [2.05, 4.69) is 47.1 Å². The molecule has 1 atom stereocenters. The predicted molar refractivity (Wildman–Crippen MR) is 119 cm³/mol. The molecule has 0 spiro atoms. The van der Waals surface area contributed by atoms with E-state index in [1.165, 1.54) is 17.2 Å². The number of aryl methyl sites for hydroxylation is 1. The van der Waals surface area contributed by atoms with Gasteiger partial charge in [0.2, 0.25) is 0 Å². The summed E-state index contributed by atoms with van der Waals surface area (Å²) in [5.41, 5.74) is 4.19. The molecule has 1 saturated heterocycles. The molecule has 5 heteroatoms. The van der Waals surface area contributed by atoms with Crippen LogP contribution in [0.15, 0.2) is 66.7 Å². The summed E-state index contributed by atoms with van der Waals surface area (Å²) in [5, 5.41) is 0.464. The van der Waals surface area contributed by atoms with Crippen LogP contribution in [0.25, 0.3) is 0 Å². The molecule has 0 amide bonds. The van der Waals surface area contributed by atoms with Gasteiger partial charge in [0.1, 0.15) is 11.6 Å². The molecule has 0 aromatic heterocycles. The zero-order chi connectivity index (χ0) is 21.1. The lowest BCUT2D eigenvalue weighted by Gasteiger charge is -2.32. The van der Waals surface area contributed by atoms with Gasteiger partial charge in [-0.25, -0.2) is 4.39 Å². The van der Waals surface area contributed by atoms with Gasteiger partial charge in [-0.15, -0.1) is 0 Å². The number of para-hydroxylation sites is 1. The van der Waals surface area contributed by atoms with Crippen LogP contribution < -0.4 is 4.74 Å². The lowest BCUT2D eigenvalue weighted by atomic mass is 10.1. The van der Waals surface area contributed by atoms with Crippen LogP contribution in [0.1, 0.15) is 28.4 Å². The molecule has 0 unspecified atom stereocenters. The van der Waals surface area contributed by atoms with Crippen molar-refractivity contribution in [2.45, 2.75) is 26.2 Å². The third-order valence-corrected chi connectivity index (χ3v) is 6.19. The molecule has 30 heavy (non-hydrogen) atoms. The molecule has 0 bridgehead atoms. The first-order chi connectivity index (χ1) is 14.6. The number of hydrogen-bond donors (Lipinski definition) is 0. The Kier molecular flexibility index (Phi) is 6.38. The Hall–Kier alpha value is -2.40. The van der Waals surface area contributed by atoms with Crippen LogP contribution in [0.3, 0.4) is 0 Å². The first-order valence-electron chi connectivity index (χ1n) is 10.2. The fraction of sp³-hybridized carbons (Fsp3) is 0.280. The van der Waals surface area contributed by atoms with E-state index in [1.807, 2.05) is 18.2 Å². The van der Waals surface area contributed by atoms with Crippen molar-refractivity contribution in [3.8, 4) is 5.75 Å². The number of benzene rings is 3. The molecule has 0 aliphatic carbocycles. The highest BCUT2D eigenvalue weighted by Gasteiger charge is 2.35. The number of methoxy groups -OCH3 is 1. The average molecular weight is 425 g/mol. The highest BCUT2D eigenvalue weighted by molar-refractivity contribution is 6.31. The van der Waals surface area contributed by atoms with E-state index < -0.39 is 0 Å². The van der Waals surface area contributed by atoms with Gasteiger partial charge in [0.15, 0.2) is 0 Å². The maximum absolute atomic E-state index is 14.5. The minimum atomic E-state index is -0.265. The Morgan fingerprint density at radius 3 is 2.37 bits per heavy atom. The van der Waals surface area contributed by atoms with Crippen molar-refractivity contribution in [3.05, 3.63) is 99.8 Å². The summed E-state index contributed by atoms with van der Waals surface area (Å²) in [4.78, 5) is 4.70. The van der Waals surface area contributed by atoms with Crippen molar-refractivity contribution in [1.29, 1.82) is 0 Å². The Morgan fingerprint density at radius 2 is 1.63 bits per heavy atom. The Morgan fingerprint density at radius 1 is 0.933 bits per heavy atom. The third kappa shape index (κ3) is 4.22. The minimum absolute atomic E-state index is 0.0311. The smallest absolute Gasteiger partial charge is 0.129 e. The van der Waals surface area contributed by atoms with E-state index in [1.54, 1.807) is 19.2 Å². The minimum Gasteiger partial charge on any atom is -0.496 e. The molecule has 1 aliphatic rings.